The fraction of sp³-hybridized carbons (Fsp3) is 0.167. The SMILES string of the molecule is Nc1ccc(CCNc2cc(Cl)nc3cc(OC(F)(F)F)ccc23)cc1. The number of aromatic nitrogens is 1. The summed E-state index contributed by atoms with van der Waals surface area (Å²) >= 11 is 5.99. The van der Waals surface area contributed by atoms with Crippen LogP contribution in [0.3, 0.4) is 0 Å². The van der Waals surface area contributed by atoms with Crippen LogP contribution in [0.2, 0.25) is 5.15 Å². The van der Waals surface area contributed by atoms with Crippen LogP contribution in [0.1, 0.15) is 5.56 Å². The molecule has 3 N–H and O–H groups in total. The molecule has 3 rings (SSSR count). The number of nitrogen functional groups attached to an aromatic ring is 1. The van der Waals surface area contributed by atoms with Crippen LogP contribution in [-0.4, -0.2) is 17.9 Å². The number of pyridine rings is 1. The highest BCUT2D eigenvalue weighted by Gasteiger charge is 2.31. The van der Waals surface area contributed by atoms with Gasteiger partial charge in [0.2, 0.25) is 0 Å². The van der Waals surface area contributed by atoms with Gasteiger partial charge in [-0.15, -0.1) is 13.2 Å². The molecule has 2 aromatic carbocycles. The summed E-state index contributed by atoms with van der Waals surface area (Å²) in [6, 6.07) is 13.1. The van der Waals surface area contributed by atoms with Gasteiger partial charge in [0.1, 0.15) is 10.9 Å². The number of hydrogen-bond donors (Lipinski definition) is 2. The fourth-order valence-corrected chi connectivity index (χ4v) is 2.75. The standard InChI is InChI=1S/C18H15ClF3N3O/c19-17-10-15(24-8-7-11-1-3-12(23)4-2-11)14-6-5-13(9-16(14)25-17)26-18(20,21)22/h1-6,9-10H,7-8,23H2,(H,24,25). The van der Waals surface area contributed by atoms with E-state index in [1.165, 1.54) is 18.2 Å². The smallest absolute Gasteiger partial charge is 0.406 e. The first-order valence-electron chi connectivity index (χ1n) is 7.74. The Morgan fingerprint density at radius 3 is 2.50 bits per heavy atom. The first-order chi connectivity index (χ1) is 12.3. The average molecular weight is 382 g/mol. The van der Waals surface area contributed by atoms with Crippen molar-refractivity contribution in [3.05, 3.63) is 59.2 Å². The van der Waals surface area contributed by atoms with Crippen molar-refractivity contribution in [3.8, 4) is 5.75 Å². The third-order valence-electron chi connectivity index (χ3n) is 3.69. The van der Waals surface area contributed by atoms with E-state index in [9.17, 15) is 13.2 Å². The summed E-state index contributed by atoms with van der Waals surface area (Å²) in [5.41, 5.74) is 8.47. The van der Waals surface area contributed by atoms with Gasteiger partial charge in [-0.05, 0) is 42.3 Å². The molecule has 0 fully saturated rings. The second-order valence-electron chi connectivity index (χ2n) is 5.64. The van der Waals surface area contributed by atoms with Gasteiger partial charge in [-0.2, -0.15) is 0 Å². The molecule has 0 saturated carbocycles. The van der Waals surface area contributed by atoms with E-state index in [4.69, 9.17) is 17.3 Å². The van der Waals surface area contributed by atoms with Gasteiger partial charge < -0.3 is 15.8 Å². The zero-order chi connectivity index (χ0) is 18.7. The maximum Gasteiger partial charge on any atom is 0.573 e. The Balaban J connectivity index is 1.78. The molecular weight excluding hydrogens is 367 g/mol. The minimum absolute atomic E-state index is 0.177. The Labute approximate surface area is 152 Å². The van der Waals surface area contributed by atoms with Crippen LogP contribution in [0.5, 0.6) is 5.75 Å². The molecule has 0 spiro atoms. The van der Waals surface area contributed by atoms with Gasteiger partial charge in [0.25, 0.3) is 0 Å². The summed E-state index contributed by atoms with van der Waals surface area (Å²) in [5.74, 6) is -0.340. The average Bonchev–Trinajstić information content (AvgIpc) is 2.54. The van der Waals surface area contributed by atoms with E-state index in [1.54, 1.807) is 6.07 Å². The van der Waals surface area contributed by atoms with Crippen LogP contribution < -0.4 is 15.8 Å². The summed E-state index contributed by atoms with van der Waals surface area (Å²) in [4.78, 5) is 4.07. The molecule has 136 valence electrons. The van der Waals surface area contributed by atoms with E-state index in [2.05, 4.69) is 15.0 Å². The monoisotopic (exact) mass is 381 g/mol. The lowest BCUT2D eigenvalue weighted by Crippen LogP contribution is -2.17. The van der Waals surface area contributed by atoms with Gasteiger partial charge in [-0.1, -0.05) is 23.7 Å². The largest absolute Gasteiger partial charge is 0.573 e. The highest BCUT2D eigenvalue weighted by atomic mass is 35.5. The number of benzene rings is 2. The summed E-state index contributed by atoms with van der Waals surface area (Å²) < 4.78 is 41.0. The quantitative estimate of drug-likeness (QED) is 0.481. The summed E-state index contributed by atoms with van der Waals surface area (Å²) in [7, 11) is 0. The summed E-state index contributed by atoms with van der Waals surface area (Å²) in [6.07, 6.45) is -4.01. The Kier molecular flexibility index (Phi) is 5.08. The summed E-state index contributed by atoms with van der Waals surface area (Å²) in [6.45, 7) is 0.611. The van der Waals surface area contributed by atoms with Crippen molar-refractivity contribution >= 4 is 33.9 Å². The molecule has 0 aliphatic rings. The molecule has 0 radical (unpaired) electrons. The lowest BCUT2D eigenvalue weighted by molar-refractivity contribution is -0.274. The maximum absolute atomic E-state index is 12.4. The number of nitrogens with zero attached hydrogens (tertiary/aromatic N) is 1. The van der Waals surface area contributed by atoms with Crippen molar-refractivity contribution in [3.63, 3.8) is 0 Å². The molecule has 0 unspecified atom stereocenters. The van der Waals surface area contributed by atoms with Crippen LogP contribution in [0, 0.1) is 0 Å². The summed E-state index contributed by atoms with van der Waals surface area (Å²) in [5, 5.41) is 4.07. The van der Waals surface area contributed by atoms with E-state index in [1.807, 2.05) is 24.3 Å². The molecule has 3 aromatic rings. The Morgan fingerprint density at radius 1 is 1.08 bits per heavy atom. The van der Waals surface area contributed by atoms with E-state index < -0.39 is 6.36 Å². The molecule has 0 aliphatic heterocycles. The lowest BCUT2D eigenvalue weighted by atomic mass is 10.1. The van der Waals surface area contributed by atoms with E-state index >= 15 is 0 Å². The number of anilines is 2. The van der Waals surface area contributed by atoms with Gasteiger partial charge in [-0.25, -0.2) is 4.98 Å². The highest BCUT2D eigenvalue weighted by molar-refractivity contribution is 6.30. The van der Waals surface area contributed by atoms with Crippen molar-refractivity contribution in [1.29, 1.82) is 0 Å². The minimum atomic E-state index is -4.76. The second kappa shape index (κ2) is 7.29. The van der Waals surface area contributed by atoms with Crippen LogP contribution in [-0.2, 0) is 6.42 Å². The van der Waals surface area contributed by atoms with Crippen molar-refractivity contribution in [2.24, 2.45) is 0 Å². The van der Waals surface area contributed by atoms with Gasteiger partial charge in [0.15, 0.2) is 0 Å². The third kappa shape index (κ3) is 4.70. The topological polar surface area (TPSA) is 60.2 Å². The Hall–Kier alpha value is -2.67. The molecule has 0 bridgehead atoms. The Morgan fingerprint density at radius 2 is 1.81 bits per heavy atom. The van der Waals surface area contributed by atoms with Crippen molar-refractivity contribution < 1.29 is 17.9 Å². The molecule has 1 aromatic heterocycles. The first-order valence-corrected chi connectivity index (χ1v) is 8.12. The number of alkyl halides is 3. The van der Waals surface area contributed by atoms with Gasteiger partial charge >= 0.3 is 6.36 Å². The predicted molar refractivity (Wildman–Crippen MR) is 96.5 cm³/mol. The number of ether oxygens (including phenoxy) is 1. The number of hydrogen-bond acceptors (Lipinski definition) is 4. The van der Waals surface area contributed by atoms with Crippen molar-refractivity contribution in [1.82, 2.24) is 4.98 Å². The number of halogens is 4. The Bertz CT molecular complexity index is 914. The van der Waals surface area contributed by atoms with Crippen LogP contribution in [0.25, 0.3) is 10.9 Å². The number of rotatable bonds is 5. The molecule has 0 amide bonds. The minimum Gasteiger partial charge on any atom is -0.406 e. The van der Waals surface area contributed by atoms with E-state index in [0.29, 0.717) is 28.8 Å². The fourth-order valence-electron chi connectivity index (χ4n) is 2.55. The lowest BCUT2D eigenvalue weighted by Gasteiger charge is -2.13. The number of nitrogens with two attached hydrogens (primary N) is 1. The van der Waals surface area contributed by atoms with Crippen molar-refractivity contribution in [2.45, 2.75) is 12.8 Å². The number of nitrogens with one attached hydrogen (secondary N) is 1. The normalized spacial score (nSPS) is 11.5. The van der Waals surface area contributed by atoms with E-state index in [0.717, 1.165) is 12.0 Å². The van der Waals surface area contributed by atoms with Gasteiger partial charge in [0, 0.05) is 29.4 Å². The zero-order valence-electron chi connectivity index (χ0n) is 13.5. The van der Waals surface area contributed by atoms with E-state index in [-0.39, 0.29) is 10.9 Å². The highest BCUT2D eigenvalue weighted by Crippen LogP contribution is 2.30. The van der Waals surface area contributed by atoms with Crippen LogP contribution in [0.4, 0.5) is 24.5 Å². The third-order valence-corrected chi connectivity index (χ3v) is 3.89. The van der Waals surface area contributed by atoms with Gasteiger partial charge in [-0.3, -0.25) is 0 Å². The molecule has 26 heavy (non-hydrogen) atoms. The van der Waals surface area contributed by atoms with Gasteiger partial charge in [0.05, 0.1) is 5.52 Å². The van der Waals surface area contributed by atoms with Crippen LogP contribution >= 0.6 is 11.6 Å². The first kappa shape index (κ1) is 18.1. The maximum atomic E-state index is 12.4. The molecular formula is C18H15ClF3N3O. The molecule has 1 heterocycles. The molecule has 0 atom stereocenters. The molecule has 0 saturated heterocycles. The molecule has 4 nitrogen and oxygen atoms in total. The predicted octanol–water partition coefficient (Wildman–Crippen LogP) is 5.02. The van der Waals surface area contributed by atoms with Crippen molar-refractivity contribution in [2.75, 3.05) is 17.6 Å². The molecule has 0 aliphatic carbocycles. The van der Waals surface area contributed by atoms with Crippen LogP contribution in [0.15, 0.2) is 48.5 Å². The zero-order valence-corrected chi connectivity index (χ0v) is 14.2. The second-order valence-corrected chi connectivity index (χ2v) is 6.02. The number of fused-ring (bicyclic) bond motifs is 1. The molecule has 8 heteroatoms.